The third-order valence-electron chi connectivity index (χ3n) is 5.97. The lowest BCUT2D eigenvalue weighted by atomic mass is 9.86. The highest BCUT2D eigenvalue weighted by Gasteiger charge is 2.22. The second-order valence-electron chi connectivity index (χ2n) is 8.43. The van der Waals surface area contributed by atoms with Crippen LogP contribution in [0.1, 0.15) is 49.3 Å². The Labute approximate surface area is 180 Å². The summed E-state index contributed by atoms with van der Waals surface area (Å²) in [4.78, 5) is 16.0. The quantitative estimate of drug-likeness (QED) is 0.591. The molecule has 1 heterocycles. The number of piperidine rings is 1. The topological polar surface area (TPSA) is 32.3 Å². The standard InChI is InChI=1S/C25H34N2OS/c1-18(2)25(28)26-22-8-5-19(3)24(17-22)21-12-15-27(16-13-21)14-11-20-6-9-23(29-4)10-7-20/h5-10,17-18,21H,11-16H2,1-4H3,(H,26,28). The molecule has 0 radical (unpaired) electrons. The van der Waals surface area contributed by atoms with Gasteiger partial charge < -0.3 is 10.2 Å². The summed E-state index contributed by atoms with van der Waals surface area (Å²) in [5, 5.41) is 3.05. The molecule has 0 aliphatic carbocycles. The summed E-state index contributed by atoms with van der Waals surface area (Å²) < 4.78 is 0. The fraction of sp³-hybridized carbons (Fsp3) is 0.480. The fourth-order valence-corrected chi connectivity index (χ4v) is 4.40. The number of carbonyl (C=O) groups is 1. The number of amides is 1. The van der Waals surface area contributed by atoms with Gasteiger partial charge in [0.25, 0.3) is 0 Å². The average Bonchev–Trinajstić information content (AvgIpc) is 2.74. The first-order valence-corrected chi connectivity index (χ1v) is 12.0. The minimum atomic E-state index is -0.0000723. The number of aryl methyl sites for hydroxylation is 1. The van der Waals surface area contributed by atoms with E-state index in [9.17, 15) is 4.79 Å². The van der Waals surface area contributed by atoms with Crippen molar-refractivity contribution in [2.75, 3.05) is 31.2 Å². The molecule has 1 saturated heterocycles. The van der Waals surface area contributed by atoms with Gasteiger partial charge in [-0.2, -0.15) is 0 Å². The normalized spacial score (nSPS) is 15.6. The van der Waals surface area contributed by atoms with E-state index in [4.69, 9.17) is 0 Å². The van der Waals surface area contributed by atoms with Crippen molar-refractivity contribution in [3.63, 3.8) is 0 Å². The van der Waals surface area contributed by atoms with Gasteiger partial charge in [-0.05, 0) is 92.4 Å². The molecule has 1 N–H and O–H groups in total. The Balaban J connectivity index is 1.53. The molecular weight excluding hydrogens is 376 g/mol. The molecule has 3 rings (SSSR count). The Kier molecular flexibility index (Phi) is 7.79. The minimum absolute atomic E-state index is 0.0000723. The molecule has 2 aromatic rings. The van der Waals surface area contributed by atoms with Gasteiger partial charge in [0, 0.05) is 23.0 Å². The van der Waals surface area contributed by atoms with Crippen LogP contribution in [0.25, 0.3) is 0 Å². The maximum Gasteiger partial charge on any atom is 0.226 e. The first-order chi connectivity index (χ1) is 14.0. The lowest BCUT2D eigenvalue weighted by molar-refractivity contribution is -0.118. The second kappa shape index (κ2) is 10.3. The summed E-state index contributed by atoms with van der Waals surface area (Å²) in [6, 6.07) is 15.3. The summed E-state index contributed by atoms with van der Waals surface area (Å²) in [5.74, 6) is 0.670. The molecule has 2 aromatic carbocycles. The molecule has 0 bridgehead atoms. The van der Waals surface area contributed by atoms with E-state index in [0.29, 0.717) is 5.92 Å². The van der Waals surface area contributed by atoms with Gasteiger partial charge in [0.05, 0.1) is 0 Å². The number of likely N-dealkylation sites (tertiary alicyclic amines) is 1. The minimum Gasteiger partial charge on any atom is -0.326 e. The van der Waals surface area contributed by atoms with E-state index in [-0.39, 0.29) is 11.8 Å². The molecule has 0 atom stereocenters. The van der Waals surface area contributed by atoms with Crippen LogP contribution in [0, 0.1) is 12.8 Å². The molecular formula is C25H34N2OS. The molecule has 29 heavy (non-hydrogen) atoms. The van der Waals surface area contributed by atoms with Crippen LogP contribution in [0.2, 0.25) is 0 Å². The molecule has 0 saturated carbocycles. The van der Waals surface area contributed by atoms with Gasteiger partial charge in [0.2, 0.25) is 5.91 Å². The highest BCUT2D eigenvalue weighted by Crippen LogP contribution is 2.32. The maximum absolute atomic E-state index is 12.0. The molecule has 0 unspecified atom stereocenters. The van der Waals surface area contributed by atoms with Gasteiger partial charge in [0.1, 0.15) is 0 Å². The predicted molar refractivity (Wildman–Crippen MR) is 125 cm³/mol. The van der Waals surface area contributed by atoms with Crippen molar-refractivity contribution in [1.29, 1.82) is 0 Å². The van der Waals surface area contributed by atoms with Gasteiger partial charge in [-0.25, -0.2) is 0 Å². The van der Waals surface area contributed by atoms with E-state index >= 15 is 0 Å². The van der Waals surface area contributed by atoms with Crippen molar-refractivity contribution < 1.29 is 4.79 Å². The number of nitrogens with one attached hydrogen (secondary N) is 1. The molecule has 1 aliphatic heterocycles. The van der Waals surface area contributed by atoms with Gasteiger partial charge in [-0.1, -0.05) is 32.0 Å². The SMILES string of the molecule is CSc1ccc(CCN2CCC(c3cc(NC(=O)C(C)C)ccc3C)CC2)cc1. The summed E-state index contributed by atoms with van der Waals surface area (Å²) >= 11 is 1.79. The van der Waals surface area contributed by atoms with Gasteiger partial charge in [-0.15, -0.1) is 11.8 Å². The summed E-state index contributed by atoms with van der Waals surface area (Å²) in [6.45, 7) is 9.47. The number of benzene rings is 2. The summed E-state index contributed by atoms with van der Waals surface area (Å²) in [7, 11) is 0. The molecule has 1 aliphatic rings. The lowest BCUT2D eigenvalue weighted by Gasteiger charge is -2.33. The Morgan fingerprint density at radius 3 is 2.45 bits per heavy atom. The van der Waals surface area contributed by atoms with Crippen LogP contribution in [0.4, 0.5) is 5.69 Å². The molecule has 156 valence electrons. The van der Waals surface area contributed by atoms with Crippen LogP contribution in [0.3, 0.4) is 0 Å². The zero-order valence-electron chi connectivity index (χ0n) is 18.2. The third-order valence-corrected chi connectivity index (χ3v) is 6.72. The van der Waals surface area contributed by atoms with Crippen molar-refractivity contribution in [1.82, 2.24) is 4.90 Å². The molecule has 1 amide bonds. The maximum atomic E-state index is 12.0. The lowest BCUT2D eigenvalue weighted by Crippen LogP contribution is -2.34. The zero-order valence-corrected chi connectivity index (χ0v) is 19.0. The van der Waals surface area contributed by atoms with Gasteiger partial charge in [0.15, 0.2) is 0 Å². The van der Waals surface area contributed by atoms with Gasteiger partial charge in [-0.3, -0.25) is 4.79 Å². The first kappa shape index (κ1) is 21.9. The highest BCUT2D eigenvalue weighted by atomic mass is 32.2. The summed E-state index contributed by atoms with van der Waals surface area (Å²) in [5.41, 5.74) is 5.09. The van der Waals surface area contributed by atoms with Crippen molar-refractivity contribution in [3.05, 3.63) is 59.2 Å². The molecule has 0 spiro atoms. The van der Waals surface area contributed by atoms with Crippen molar-refractivity contribution in [3.8, 4) is 0 Å². The van der Waals surface area contributed by atoms with Gasteiger partial charge >= 0.3 is 0 Å². The van der Waals surface area contributed by atoms with E-state index in [1.807, 2.05) is 19.9 Å². The molecule has 1 fully saturated rings. The van der Waals surface area contributed by atoms with Crippen LogP contribution in [0.5, 0.6) is 0 Å². The Bertz CT molecular complexity index is 808. The largest absolute Gasteiger partial charge is 0.326 e. The number of thioether (sulfide) groups is 1. The molecule has 4 heteroatoms. The van der Waals surface area contributed by atoms with Crippen molar-refractivity contribution in [2.45, 2.75) is 50.8 Å². The monoisotopic (exact) mass is 410 g/mol. The summed E-state index contributed by atoms with van der Waals surface area (Å²) in [6.07, 6.45) is 5.62. The van der Waals surface area contributed by atoms with Crippen LogP contribution in [-0.2, 0) is 11.2 Å². The Morgan fingerprint density at radius 1 is 1.14 bits per heavy atom. The van der Waals surface area contributed by atoms with Crippen LogP contribution in [0.15, 0.2) is 47.4 Å². The zero-order chi connectivity index (χ0) is 20.8. The van der Waals surface area contributed by atoms with E-state index in [1.54, 1.807) is 11.8 Å². The molecule has 3 nitrogen and oxygen atoms in total. The third kappa shape index (κ3) is 6.10. The highest BCUT2D eigenvalue weighted by molar-refractivity contribution is 7.98. The number of hydrogen-bond donors (Lipinski definition) is 1. The number of nitrogens with zero attached hydrogens (tertiary/aromatic N) is 1. The number of anilines is 1. The van der Waals surface area contributed by atoms with Crippen LogP contribution >= 0.6 is 11.8 Å². The average molecular weight is 411 g/mol. The number of hydrogen-bond acceptors (Lipinski definition) is 3. The Hall–Kier alpha value is -1.78. The van der Waals surface area contributed by atoms with E-state index in [0.717, 1.165) is 31.7 Å². The number of rotatable bonds is 7. The van der Waals surface area contributed by atoms with Crippen LogP contribution in [-0.4, -0.2) is 36.7 Å². The number of carbonyl (C=O) groups excluding carboxylic acids is 1. The predicted octanol–water partition coefficient (Wildman–Crippen LogP) is 5.73. The van der Waals surface area contributed by atoms with Crippen molar-refractivity contribution >= 4 is 23.4 Å². The van der Waals surface area contributed by atoms with Crippen molar-refractivity contribution in [2.24, 2.45) is 5.92 Å². The van der Waals surface area contributed by atoms with Crippen LogP contribution < -0.4 is 5.32 Å². The van der Waals surface area contributed by atoms with E-state index in [2.05, 4.69) is 59.8 Å². The second-order valence-corrected chi connectivity index (χ2v) is 9.31. The molecule has 0 aromatic heterocycles. The first-order valence-electron chi connectivity index (χ1n) is 10.7. The van der Waals surface area contributed by atoms with E-state index in [1.165, 1.54) is 34.4 Å². The fourth-order valence-electron chi connectivity index (χ4n) is 3.99. The van der Waals surface area contributed by atoms with E-state index < -0.39 is 0 Å². The smallest absolute Gasteiger partial charge is 0.226 e. The Morgan fingerprint density at radius 2 is 1.83 bits per heavy atom.